The number of rotatable bonds is 6. The molecule has 0 bridgehead atoms. The Balaban J connectivity index is 2.04. The predicted molar refractivity (Wildman–Crippen MR) is 72.7 cm³/mol. The first-order chi connectivity index (χ1) is 7.58. The molecule has 0 spiro atoms. The molecule has 1 aliphatic rings. The second kappa shape index (κ2) is 7.32. The summed E-state index contributed by atoms with van der Waals surface area (Å²) >= 11 is 0. The van der Waals surface area contributed by atoms with Crippen LogP contribution in [0.5, 0.6) is 0 Å². The van der Waals surface area contributed by atoms with Crippen molar-refractivity contribution in [2.24, 2.45) is 17.8 Å². The maximum absolute atomic E-state index is 3.76. The summed E-state index contributed by atoms with van der Waals surface area (Å²) in [4.78, 5) is 0. The Morgan fingerprint density at radius 1 is 1.00 bits per heavy atom. The topological polar surface area (TPSA) is 12.0 Å². The van der Waals surface area contributed by atoms with E-state index in [2.05, 4.69) is 33.0 Å². The van der Waals surface area contributed by atoms with Gasteiger partial charge in [-0.2, -0.15) is 0 Å². The highest BCUT2D eigenvalue weighted by Crippen LogP contribution is 2.28. The van der Waals surface area contributed by atoms with Crippen molar-refractivity contribution in [3.05, 3.63) is 0 Å². The molecule has 0 heterocycles. The fourth-order valence-electron chi connectivity index (χ4n) is 3.10. The Bertz CT molecular complexity index is 166. The zero-order valence-corrected chi connectivity index (χ0v) is 11.8. The van der Waals surface area contributed by atoms with Gasteiger partial charge in [0.1, 0.15) is 0 Å². The van der Waals surface area contributed by atoms with Gasteiger partial charge in [0, 0.05) is 6.04 Å². The lowest BCUT2D eigenvalue weighted by Gasteiger charge is -2.32. The van der Waals surface area contributed by atoms with Crippen LogP contribution in [0.3, 0.4) is 0 Å². The minimum atomic E-state index is 0.804. The molecule has 0 aliphatic heterocycles. The van der Waals surface area contributed by atoms with E-state index in [0.717, 1.165) is 23.8 Å². The van der Waals surface area contributed by atoms with Gasteiger partial charge in [-0.1, -0.05) is 40.5 Å². The summed E-state index contributed by atoms with van der Waals surface area (Å²) in [5.41, 5.74) is 0. The van der Waals surface area contributed by atoms with Crippen molar-refractivity contribution in [2.75, 3.05) is 6.54 Å². The summed E-state index contributed by atoms with van der Waals surface area (Å²) in [7, 11) is 0. The van der Waals surface area contributed by atoms with Crippen LogP contribution in [0, 0.1) is 17.8 Å². The van der Waals surface area contributed by atoms with Crippen molar-refractivity contribution in [1.29, 1.82) is 0 Å². The van der Waals surface area contributed by atoms with Gasteiger partial charge < -0.3 is 5.32 Å². The molecule has 2 unspecified atom stereocenters. The van der Waals surface area contributed by atoms with Crippen molar-refractivity contribution < 1.29 is 0 Å². The molecule has 0 amide bonds. The van der Waals surface area contributed by atoms with Gasteiger partial charge in [0.25, 0.3) is 0 Å². The first kappa shape index (κ1) is 14.0. The van der Waals surface area contributed by atoms with Gasteiger partial charge in [0.15, 0.2) is 0 Å². The zero-order valence-electron chi connectivity index (χ0n) is 11.8. The van der Waals surface area contributed by atoms with E-state index < -0.39 is 0 Å². The quantitative estimate of drug-likeness (QED) is 0.667. The van der Waals surface area contributed by atoms with Crippen LogP contribution in [0.1, 0.15) is 66.2 Å². The van der Waals surface area contributed by atoms with Gasteiger partial charge in [0.2, 0.25) is 0 Å². The normalized spacial score (nSPS) is 30.9. The van der Waals surface area contributed by atoms with E-state index in [4.69, 9.17) is 0 Å². The molecule has 1 N–H and O–H groups in total. The van der Waals surface area contributed by atoms with E-state index >= 15 is 0 Å². The largest absolute Gasteiger partial charge is 0.314 e. The van der Waals surface area contributed by atoms with Crippen molar-refractivity contribution in [3.63, 3.8) is 0 Å². The summed E-state index contributed by atoms with van der Waals surface area (Å²) < 4.78 is 0. The average Bonchev–Trinajstić information content (AvgIpc) is 2.15. The molecule has 1 saturated carbocycles. The standard InChI is InChI=1S/C15H31N/c1-12(2)7-5-6-8-16-15-10-13(3)9-14(4)11-15/h12-16H,5-11H2,1-4H3. The van der Waals surface area contributed by atoms with Gasteiger partial charge in [0.05, 0.1) is 0 Å². The van der Waals surface area contributed by atoms with Crippen LogP contribution in [0.4, 0.5) is 0 Å². The van der Waals surface area contributed by atoms with E-state index in [0.29, 0.717) is 0 Å². The highest BCUT2D eigenvalue weighted by molar-refractivity contribution is 4.79. The monoisotopic (exact) mass is 225 g/mol. The molecule has 1 heteroatoms. The Morgan fingerprint density at radius 2 is 1.62 bits per heavy atom. The number of hydrogen-bond acceptors (Lipinski definition) is 1. The van der Waals surface area contributed by atoms with Gasteiger partial charge in [-0.05, 0) is 50.0 Å². The first-order valence-corrected chi connectivity index (χ1v) is 7.31. The highest BCUT2D eigenvalue weighted by Gasteiger charge is 2.22. The van der Waals surface area contributed by atoms with Crippen molar-refractivity contribution in [3.8, 4) is 0 Å². The van der Waals surface area contributed by atoms with Gasteiger partial charge >= 0.3 is 0 Å². The Labute approximate surface area is 102 Å². The molecule has 0 aromatic rings. The van der Waals surface area contributed by atoms with Gasteiger partial charge in [-0.3, -0.25) is 0 Å². The Hall–Kier alpha value is -0.0400. The van der Waals surface area contributed by atoms with E-state index in [9.17, 15) is 0 Å². The third kappa shape index (κ3) is 5.89. The first-order valence-electron chi connectivity index (χ1n) is 7.31. The maximum Gasteiger partial charge on any atom is 0.00721 e. The third-order valence-electron chi connectivity index (χ3n) is 3.82. The van der Waals surface area contributed by atoms with Crippen molar-refractivity contribution >= 4 is 0 Å². The lowest BCUT2D eigenvalue weighted by molar-refractivity contribution is 0.238. The predicted octanol–water partition coefficient (Wildman–Crippen LogP) is 4.23. The lowest BCUT2D eigenvalue weighted by Crippen LogP contribution is -2.36. The highest BCUT2D eigenvalue weighted by atomic mass is 14.9. The summed E-state index contributed by atoms with van der Waals surface area (Å²) in [5, 5.41) is 3.76. The van der Waals surface area contributed by atoms with Crippen molar-refractivity contribution in [2.45, 2.75) is 72.3 Å². The molecule has 16 heavy (non-hydrogen) atoms. The smallest absolute Gasteiger partial charge is 0.00721 e. The molecule has 0 aromatic carbocycles. The number of unbranched alkanes of at least 4 members (excludes halogenated alkanes) is 1. The van der Waals surface area contributed by atoms with Crippen LogP contribution in [0.2, 0.25) is 0 Å². The molecule has 1 fully saturated rings. The third-order valence-corrected chi connectivity index (χ3v) is 3.82. The molecule has 1 nitrogen and oxygen atoms in total. The fourth-order valence-corrected chi connectivity index (χ4v) is 3.10. The number of nitrogens with one attached hydrogen (secondary N) is 1. The van der Waals surface area contributed by atoms with Crippen molar-refractivity contribution in [1.82, 2.24) is 5.32 Å². The van der Waals surface area contributed by atoms with Gasteiger partial charge in [-0.25, -0.2) is 0 Å². The average molecular weight is 225 g/mol. The second-order valence-electron chi connectivity index (χ2n) is 6.46. The van der Waals surface area contributed by atoms with Crippen LogP contribution in [-0.2, 0) is 0 Å². The van der Waals surface area contributed by atoms with Crippen LogP contribution in [0.25, 0.3) is 0 Å². The molecule has 96 valence electrons. The number of hydrogen-bond donors (Lipinski definition) is 1. The maximum atomic E-state index is 3.76. The SMILES string of the molecule is CC(C)CCCCNC1CC(C)CC(C)C1. The molecule has 2 atom stereocenters. The van der Waals surface area contributed by atoms with E-state index in [-0.39, 0.29) is 0 Å². The summed E-state index contributed by atoms with van der Waals surface area (Å²) in [6.45, 7) is 10.7. The molecule has 1 rings (SSSR count). The van der Waals surface area contributed by atoms with Crippen LogP contribution in [0.15, 0.2) is 0 Å². The summed E-state index contributed by atoms with van der Waals surface area (Å²) in [6.07, 6.45) is 8.37. The van der Waals surface area contributed by atoms with Gasteiger partial charge in [-0.15, -0.1) is 0 Å². The van der Waals surface area contributed by atoms with Crippen LogP contribution < -0.4 is 5.32 Å². The molecule has 0 aromatic heterocycles. The van der Waals surface area contributed by atoms with E-state index in [1.54, 1.807) is 0 Å². The van der Waals surface area contributed by atoms with Crippen LogP contribution >= 0.6 is 0 Å². The van der Waals surface area contributed by atoms with E-state index in [1.165, 1.54) is 45.1 Å². The second-order valence-corrected chi connectivity index (χ2v) is 6.46. The molecule has 1 aliphatic carbocycles. The molecular weight excluding hydrogens is 194 g/mol. The summed E-state index contributed by atoms with van der Waals surface area (Å²) in [6, 6.07) is 0.804. The molecule has 0 saturated heterocycles. The minimum Gasteiger partial charge on any atom is -0.314 e. The van der Waals surface area contributed by atoms with Crippen LogP contribution in [-0.4, -0.2) is 12.6 Å². The minimum absolute atomic E-state index is 0.804. The molecular formula is C15H31N. The Morgan fingerprint density at radius 3 is 2.19 bits per heavy atom. The molecule has 0 radical (unpaired) electrons. The fraction of sp³-hybridized carbons (Fsp3) is 1.00. The Kier molecular flexibility index (Phi) is 6.41. The zero-order chi connectivity index (χ0) is 12.0. The lowest BCUT2D eigenvalue weighted by atomic mass is 9.80. The van der Waals surface area contributed by atoms with E-state index in [1.807, 2.05) is 0 Å². The summed E-state index contributed by atoms with van der Waals surface area (Å²) in [5.74, 6) is 2.73.